The second-order valence-electron chi connectivity index (χ2n) is 6.11. The third kappa shape index (κ3) is 3.44. The molecule has 3 rings (SSSR count). The van der Waals surface area contributed by atoms with E-state index in [4.69, 9.17) is 5.73 Å². The number of benzene rings is 2. The zero-order valence-corrected chi connectivity index (χ0v) is 12.3. The predicted octanol–water partition coefficient (Wildman–Crippen LogP) is 5.05. The van der Waals surface area contributed by atoms with E-state index < -0.39 is 0 Å². The molecule has 0 saturated heterocycles. The molecular weight excluding hydrogens is 261 g/mol. The lowest BCUT2D eigenvalue weighted by molar-refractivity contribution is 0.443. The molecule has 0 aliphatic heterocycles. The fourth-order valence-corrected chi connectivity index (χ4v) is 3.26. The average Bonchev–Trinajstić information content (AvgIpc) is 2.53. The van der Waals surface area contributed by atoms with Crippen molar-refractivity contribution in [1.82, 2.24) is 0 Å². The Kier molecular flexibility index (Phi) is 4.23. The Labute approximate surface area is 126 Å². The molecule has 2 aromatic carbocycles. The molecular formula is C19H22FN. The molecule has 1 fully saturated rings. The van der Waals surface area contributed by atoms with Gasteiger partial charge in [0.15, 0.2) is 0 Å². The maximum Gasteiger partial charge on any atom is 0.146 e. The predicted molar refractivity (Wildman–Crippen MR) is 85.9 cm³/mol. The maximum absolute atomic E-state index is 13.5. The topological polar surface area (TPSA) is 26.0 Å². The molecule has 0 aromatic heterocycles. The number of hydrogen-bond donors (Lipinski definition) is 1. The summed E-state index contributed by atoms with van der Waals surface area (Å²) in [5, 5.41) is 0. The van der Waals surface area contributed by atoms with Crippen molar-refractivity contribution in [3.63, 3.8) is 0 Å². The molecule has 21 heavy (non-hydrogen) atoms. The zero-order chi connectivity index (χ0) is 14.7. The standard InChI is InChI=1S/C19H22FN/c20-18-13-15(8-11-19(18)21)12-14-6-9-17(10-7-14)16-4-2-1-3-5-16/h6-11,13,16H,1-5,12,21H2. The minimum absolute atomic E-state index is 0.214. The first-order chi connectivity index (χ1) is 10.2. The lowest BCUT2D eigenvalue weighted by Gasteiger charge is -2.22. The second-order valence-corrected chi connectivity index (χ2v) is 6.11. The van der Waals surface area contributed by atoms with Crippen LogP contribution < -0.4 is 5.73 Å². The lowest BCUT2D eigenvalue weighted by atomic mass is 9.84. The molecule has 0 radical (unpaired) electrons. The molecule has 0 amide bonds. The SMILES string of the molecule is Nc1ccc(Cc2ccc(C3CCCCC3)cc2)cc1F. The fraction of sp³-hybridized carbons (Fsp3) is 0.368. The van der Waals surface area contributed by atoms with Crippen molar-refractivity contribution in [2.45, 2.75) is 44.4 Å². The molecule has 2 aromatic rings. The van der Waals surface area contributed by atoms with E-state index in [0.717, 1.165) is 17.9 Å². The van der Waals surface area contributed by atoms with Gasteiger partial charge in [0.1, 0.15) is 5.82 Å². The van der Waals surface area contributed by atoms with Gasteiger partial charge in [-0.15, -0.1) is 0 Å². The third-order valence-corrected chi connectivity index (χ3v) is 4.53. The molecule has 0 spiro atoms. The highest BCUT2D eigenvalue weighted by Crippen LogP contribution is 2.32. The molecule has 1 aliphatic carbocycles. The average molecular weight is 283 g/mol. The van der Waals surface area contributed by atoms with Gasteiger partial charge in [-0.3, -0.25) is 0 Å². The van der Waals surface area contributed by atoms with Gasteiger partial charge in [0, 0.05) is 0 Å². The molecule has 1 aliphatic rings. The van der Waals surface area contributed by atoms with Gasteiger partial charge in [-0.25, -0.2) is 4.39 Å². The van der Waals surface area contributed by atoms with Crippen molar-refractivity contribution in [3.8, 4) is 0 Å². The Morgan fingerprint density at radius 2 is 1.57 bits per heavy atom. The molecule has 0 atom stereocenters. The lowest BCUT2D eigenvalue weighted by Crippen LogP contribution is -2.04. The Bertz CT molecular complexity index is 597. The summed E-state index contributed by atoms with van der Waals surface area (Å²) >= 11 is 0. The number of hydrogen-bond acceptors (Lipinski definition) is 1. The summed E-state index contributed by atoms with van der Waals surface area (Å²) in [5.41, 5.74) is 9.37. The first-order valence-corrected chi connectivity index (χ1v) is 7.85. The van der Waals surface area contributed by atoms with Crippen LogP contribution in [0.15, 0.2) is 42.5 Å². The van der Waals surface area contributed by atoms with Crippen LogP contribution in [-0.2, 0) is 6.42 Å². The highest BCUT2D eigenvalue weighted by Gasteiger charge is 2.15. The molecule has 2 heteroatoms. The van der Waals surface area contributed by atoms with E-state index >= 15 is 0 Å². The summed E-state index contributed by atoms with van der Waals surface area (Å²) in [6.45, 7) is 0. The zero-order valence-electron chi connectivity index (χ0n) is 12.3. The highest BCUT2D eigenvalue weighted by atomic mass is 19.1. The number of nitrogen functional groups attached to an aromatic ring is 1. The minimum atomic E-state index is -0.327. The van der Waals surface area contributed by atoms with E-state index in [2.05, 4.69) is 24.3 Å². The monoisotopic (exact) mass is 283 g/mol. The molecule has 2 N–H and O–H groups in total. The summed E-state index contributed by atoms with van der Waals surface area (Å²) in [6, 6.07) is 13.9. The Morgan fingerprint density at radius 3 is 2.24 bits per heavy atom. The van der Waals surface area contributed by atoms with Crippen LogP contribution in [0.25, 0.3) is 0 Å². The summed E-state index contributed by atoms with van der Waals surface area (Å²) in [5.74, 6) is 0.410. The fourth-order valence-electron chi connectivity index (χ4n) is 3.26. The summed E-state index contributed by atoms with van der Waals surface area (Å²) in [4.78, 5) is 0. The second kappa shape index (κ2) is 6.30. The van der Waals surface area contributed by atoms with Gasteiger partial charge in [-0.2, -0.15) is 0 Å². The van der Waals surface area contributed by atoms with Gasteiger partial charge in [0.05, 0.1) is 5.69 Å². The minimum Gasteiger partial charge on any atom is -0.396 e. The molecule has 0 heterocycles. The van der Waals surface area contributed by atoms with E-state index in [1.54, 1.807) is 6.07 Å². The van der Waals surface area contributed by atoms with Crippen molar-refractivity contribution in [3.05, 3.63) is 65.0 Å². The van der Waals surface area contributed by atoms with Crippen LogP contribution >= 0.6 is 0 Å². The molecule has 0 unspecified atom stereocenters. The van der Waals surface area contributed by atoms with E-state index in [0.29, 0.717) is 0 Å². The largest absolute Gasteiger partial charge is 0.396 e. The van der Waals surface area contributed by atoms with Gasteiger partial charge >= 0.3 is 0 Å². The van der Waals surface area contributed by atoms with E-state index in [1.807, 2.05) is 6.07 Å². The molecule has 110 valence electrons. The van der Waals surface area contributed by atoms with E-state index in [9.17, 15) is 4.39 Å². The van der Waals surface area contributed by atoms with Crippen molar-refractivity contribution in [2.75, 3.05) is 5.73 Å². The first-order valence-electron chi connectivity index (χ1n) is 7.85. The van der Waals surface area contributed by atoms with Crippen LogP contribution in [0, 0.1) is 5.82 Å². The Balaban J connectivity index is 1.70. The first kappa shape index (κ1) is 14.1. The van der Waals surface area contributed by atoms with Crippen LogP contribution in [0.4, 0.5) is 10.1 Å². The quantitative estimate of drug-likeness (QED) is 0.784. The van der Waals surface area contributed by atoms with Crippen LogP contribution in [0.2, 0.25) is 0 Å². The smallest absolute Gasteiger partial charge is 0.146 e. The van der Waals surface area contributed by atoms with Crippen molar-refractivity contribution in [1.29, 1.82) is 0 Å². The number of halogens is 1. The van der Waals surface area contributed by atoms with Crippen molar-refractivity contribution < 1.29 is 4.39 Å². The highest BCUT2D eigenvalue weighted by molar-refractivity contribution is 5.42. The van der Waals surface area contributed by atoms with Gasteiger partial charge in [0.25, 0.3) is 0 Å². The summed E-state index contributed by atoms with van der Waals surface area (Å²) < 4.78 is 13.5. The summed E-state index contributed by atoms with van der Waals surface area (Å²) in [7, 11) is 0. The number of rotatable bonds is 3. The molecule has 1 nitrogen and oxygen atoms in total. The number of nitrogens with two attached hydrogens (primary N) is 1. The van der Waals surface area contributed by atoms with Gasteiger partial charge in [-0.05, 0) is 54.0 Å². The van der Waals surface area contributed by atoms with Gasteiger partial charge < -0.3 is 5.73 Å². The van der Waals surface area contributed by atoms with E-state index in [1.165, 1.54) is 49.3 Å². The Morgan fingerprint density at radius 1 is 0.905 bits per heavy atom. The maximum atomic E-state index is 13.5. The summed E-state index contributed by atoms with van der Waals surface area (Å²) in [6.07, 6.45) is 7.50. The molecule has 1 saturated carbocycles. The van der Waals surface area contributed by atoms with Crippen LogP contribution in [0.3, 0.4) is 0 Å². The van der Waals surface area contributed by atoms with Gasteiger partial charge in [-0.1, -0.05) is 49.6 Å². The van der Waals surface area contributed by atoms with Gasteiger partial charge in [0.2, 0.25) is 0 Å². The van der Waals surface area contributed by atoms with Crippen LogP contribution in [-0.4, -0.2) is 0 Å². The Hall–Kier alpha value is -1.83. The molecule has 0 bridgehead atoms. The van der Waals surface area contributed by atoms with Crippen molar-refractivity contribution in [2.24, 2.45) is 0 Å². The van der Waals surface area contributed by atoms with Crippen LogP contribution in [0.5, 0.6) is 0 Å². The third-order valence-electron chi connectivity index (χ3n) is 4.53. The van der Waals surface area contributed by atoms with Crippen molar-refractivity contribution >= 4 is 5.69 Å². The normalized spacial score (nSPS) is 16.0. The number of anilines is 1. The van der Waals surface area contributed by atoms with E-state index in [-0.39, 0.29) is 11.5 Å². The van der Waals surface area contributed by atoms with Crippen LogP contribution in [0.1, 0.15) is 54.7 Å².